The number of amidine groups is 1. The largest absolute Gasteiger partial charge is 0.507 e. The first kappa shape index (κ1) is 31.9. The van der Waals surface area contributed by atoms with Gasteiger partial charge in [-0.2, -0.15) is 0 Å². The molecule has 1 aliphatic rings. The summed E-state index contributed by atoms with van der Waals surface area (Å²) in [5.41, 5.74) is 1.72. The van der Waals surface area contributed by atoms with Gasteiger partial charge in [0.05, 0.1) is 46.4 Å². The number of para-hydroxylation sites is 2. The minimum Gasteiger partial charge on any atom is -0.507 e. The Morgan fingerprint density at radius 2 is 2.02 bits per heavy atom. The van der Waals surface area contributed by atoms with Gasteiger partial charge in [-0.3, -0.25) is 14.7 Å². The van der Waals surface area contributed by atoms with E-state index in [0.717, 1.165) is 5.69 Å². The number of benzene rings is 2. The van der Waals surface area contributed by atoms with E-state index in [1.165, 1.54) is 23.1 Å². The van der Waals surface area contributed by atoms with Gasteiger partial charge in [0.2, 0.25) is 6.41 Å². The monoisotopic (exact) mass is 608 g/mol. The van der Waals surface area contributed by atoms with Crippen LogP contribution in [0.1, 0.15) is 18.9 Å². The van der Waals surface area contributed by atoms with Crippen LogP contribution in [0.25, 0.3) is 11.3 Å². The van der Waals surface area contributed by atoms with Gasteiger partial charge in [-0.25, -0.2) is 9.37 Å². The van der Waals surface area contributed by atoms with Gasteiger partial charge in [0.25, 0.3) is 0 Å². The lowest BCUT2D eigenvalue weighted by atomic mass is 10.1. The lowest BCUT2D eigenvalue weighted by Crippen LogP contribution is -2.45. The fraction of sp³-hybridized carbons (Fsp3) is 0.344. The molecule has 1 fully saturated rings. The Kier molecular flexibility index (Phi) is 11.1. The van der Waals surface area contributed by atoms with Crippen molar-refractivity contribution >= 4 is 41.0 Å². The second-order valence-electron chi connectivity index (χ2n) is 10.1. The number of aliphatic imine (C=N–C) groups is 1. The molecule has 43 heavy (non-hydrogen) atoms. The normalized spacial score (nSPS) is 14.3. The molecule has 2 N–H and O–H groups in total. The number of aromatic hydroxyl groups is 1. The van der Waals surface area contributed by atoms with E-state index < -0.39 is 5.82 Å². The summed E-state index contributed by atoms with van der Waals surface area (Å²) in [5, 5.41) is 13.9. The van der Waals surface area contributed by atoms with Gasteiger partial charge in [-0.15, -0.1) is 6.58 Å². The summed E-state index contributed by atoms with van der Waals surface area (Å²) < 4.78 is 20.7. The van der Waals surface area contributed by atoms with Gasteiger partial charge in [0, 0.05) is 39.3 Å². The predicted octanol–water partition coefficient (Wildman–Crippen LogP) is 5.24. The van der Waals surface area contributed by atoms with Crippen molar-refractivity contribution in [1.29, 1.82) is 0 Å². The second kappa shape index (κ2) is 15.0. The third kappa shape index (κ3) is 6.98. The van der Waals surface area contributed by atoms with Gasteiger partial charge in [0.15, 0.2) is 5.82 Å². The van der Waals surface area contributed by atoms with Crippen LogP contribution in [0.2, 0.25) is 5.02 Å². The number of phenols is 1. The van der Waals surface area contributed by atoms with Crippen molar-refractivity contribution in [2.75, 3.05) is 63.3 Å². The van der Waals surface area contributed by atoms with Gasteiger partial charge in [0.1, 0.15) is 17.4 Å². The van der Waals surface area contributed by atoms with Crippen LogP contribution in [0.4, 0.5) is 21.6 Å². The molecular weight excluding hydrogens is 571 g/mol. The molecule has 228 valence electrons. The number of pyridine rings is 1. The number of ether oxygens (including phenoxy) is 1. The van der Waals surface area contributed by atoms with E-state index in [4.69, 9.17) is 21.3 Å². The van der Waals surface area contributed by atoms with E-state index in [1.807, 2.05) is 37.4 Å². The number of morpholine rings is 1. The molecular formula is C32H38ClFN6O3. The molecule has 3 aromatic rings. The maximum absolute atomic E-state index is 15.1. The molecule has 1 saturated heterocycles. The highest BCUT2D eigenvalue weighted by Crippen LogP contribution is 2.41. The molecule has 0 aliphatic carbocycles. The molecule has 1 atom stereocenters. The number of hydrogen-bond acceptors (Lipinski definition) is 7. The Morgan fingerprint density at radius 3 is 2.67 bits per heavy atom. The summed E-state index contributed by atoms with van der Waals surface area (Å²) >= 11 is 6.81. The lowest BCUT2D eigenvalue weighted by Gasteiger charge is -2.35. The number of carbonyl (C=O) groups is 1. The SMILES string of the molecule is C=CCCN(C(=NC)c1cc(Cl)c(-c2c(O)cccc2F)nc1N(C=O)c1ccccc1N1CCOCC1)C(C)CNC. The quantitative estimate of drug-likeness (QED) is 0.126. The summed E-state index contributed by atoms with van der Waals surface area (Å²) in [7, 11) is 3.55. The van der Waals surface area contributed by atoms with Crippen LogP contribution in [0, 0.1) is 5.82 Å². The number of rotatable bonds is 12. The van der Waals surface area contributed by atoms with Crippen LogP contribution in [0.15, 0.2) is 66.2 Å². The van der Waals surface area contributed by atoms with E-state index in [2.05, 4.69) is 33.6 Å². The average molecular weight is 609 g/mol. The van der Waals surface area contributed by atoms with E-state index in [1.54, 1.807) is 13.1 Å². The van der Waals surface area contributed by atoms with Gasteiger partial charge in [-0.1, -0.05) is 35.9 Å². The first-order chi connectivity index (χ1) is 20.9. The average Bonchev–Trinajstić information content (AvgIpc) is 3.01. The number of carbonyl (C=O) groups excluding carboxylic acids is 1. The van der Waals surface area contributed by atoms with Crippen molar-refractivity contribution in [2.45, 2.75) is 19.4 Å². The molecule has 1 aliphatic heterocycles. The van der Waals surface area contributed by atoms with Crippen LogP contribution in [0.3, 0.4) is 0 Å². The summed E-state index contributed by atoms with van der Waals surface area (Å²) in [4.78, 5) is 28.2. The Bertz CT molecular complexity index is 1440. The molecule has 2 aromatic carbocycles. The molecule has 1 unspecified atom stereocenters. The number of phenolic OH excluding ortho intramolecular Hbond substituents is 1. The van der Waals surface area contributed by atoms with E-state index in [-0.39, 0.29) is 33.9 Å². The Labute approximate surface area is 257 Å². The highest BCUT2D eigenvalue weighted by molar-refractivity contribution is 6.33. The molecule has 1 aromatic heterocycles. The van der Waals surface area contributed by atoms with Gasteiger partial charge < -0.3 is 25.0 Å². The third-order valence-electron chi connectivity index (χ3n) is 7.34. The molecule has 0 radical (unpaired) electrons. The van der Waals surface area contributed by atoms with Gasteiger partial charge in [-0.05, 0) is 50.7 Å². The second-order valence-corrected chi connectivity index (χ2v) is 10.5. The standard InChI is InChI=1S/C32H38ClFN6O3/c1-5-6-14-39(22(2)20-35-3)31(36-4)23-19-24(33)30(29-25(34)10-9-13-28(29)42)37-32(23)40(21-41)27-12-8-7-11-26(27)38-15-17-43-18-16-38/h5,7-13,19,21-22,35,42H,1,6,14-18,20H2,2-4H3. The summed E-state index contributed by atoms with van der Waals surface area (Å²) in [5.74, 6) is -0.272. The zero-order valence-electron chi connectivity index (χ0n) is 24.8. The molecule has 9 nitrogen and oxygen atoms in total. The Hall–Kier alpha value is -3.99. The van der Waals surface area contributed by atoms with E-state index in [9.17, 15) is 9.90 Å². The fourth-order valence-electron chi connectivity index (χ4n) is 5.28. The molecule has 11 heteroatoms. The van der Waals surface area contributed by atoms with Gasteiger partial charge >= 0.3 is 0 Å². The minimum atomic E-state index is -0.695. The molecule has 4 rings (SSSR count). The van der Waals surface area contributed by atoms with Crippen LogP contribution >= 0.6 is 11.6 Å². The molecule has 2 heterocycles. The zero-order valence-corrected chi connectivity index (χ0v) is 25.5. The number of halogens is 2. The molecule has 0 spiro atoms. The first-order valence-electron chi connectivity index (χ1n) is 14.2. The topological polar surface area (TPSA) is 93.5 Å². The molecule has 0 saturated carbocycles. The van der Waals surface area contributed by atoms with Crippen LogP contribution in [0.5, 0.6) is 5.75 Å². The van der Waals surface area contributed by atoms with E-state index >= 15 is 4.39 Å². The summed E-state index contributed by atoms with van der Waals surface area (Å²) in [6.07, 6.45) is 3.20. The number of likely N-dealkylation sites (N-methyl/N-ethyl adjacent to an activating group) is 1. The number of hydrogen-bond donors (Lipinski definition) is 2. The van der Waals surface area contributed by atoms with Crippen molar-refractivity contribution in [2.24, 2.45) is 4.99 Å². The van der Waals surface area contributed by atoms with Crippen molar-refractivity contribution in [3.8, 4) is 17.0 Å². The maximum Gasteiger partial charge on any atom is 0.219 e. The molecule has 0 bridgehead atoms. The summed E-state index contributed by atoms with van der Waals surface area (Å²) in [6.45, 7) is 9.62. The third-order valence-corrected chi connectivity index (χ3v) is 7.63. The summed E-state index contributed by atoms with van der Waals surface area (Å²) in [6, 6.07) is 13.1. The predicted molar refractivity (Wildman–Crippen MR) is 171 cm³/mol. The van der Waals surface area contributed by atoms with Crippen molar-refractivity contribution < 1.29 is 19.0 Å². The minimum absolute atomic E-state index is 0.00286. The van der Waals surface area contributed by atoms with Crippen molar-refractivity contribution in [3.63, 3.8) is 0 Å². The number of anilines is 3. The highest BCUT2D eigenvalue weighted by Gasteiger charge is 2.29. The smallest absolute Gasteiger partial charge is 0.219 e. The first-order valence-corrected chi connectivity index (χ1v) is 14.6. The lowest BCUT2D eigenvalue weighted by molar-refractivity contribution is -0.106. The van der Waals surface area contributed by atoms with Crippen molar-refractivity contribution in [1.82, 2.24) is 15.2 Å². The Balaban J connectivity index is 1.99. The van der Waals surface area contributed by atoms with Crippen LogP contribution in [-0.2, 0) is 9.53 Å². The highest BCUT2D eigenvalue weighted by atomic mass is 35.5. The number of nitrogens with zero attached hydrogens (tertiary/aromatic N) is 5. The number of nitrogens with one attached hydrogen (secondary N) is 1. The number of aromatic nitrogens is 1. The maximum atomic E-state index is 15.1. The zero-order chi connectivity index (χ0) is 30.9. The van der Waals surface area contributed by atoms with Crippen LogP contribution < -0.4 is 15.1 Å². The molecule has 1 amide bonds. The van der Waals surface area contributed by atoms with Crippen molar-refractivity contribution in [3.05, 3.63) is 77.6 Å². The van der Waals surface area contributed by atoms with Crippen LogP contribution in [-0.4, -0.2) is 86.8 Å². The fourth-order valence-corrected chi connectivity index (χ4v) is 5.53. The Morgan fingerprint density at radius 1 is 1.28 bits per heavy atom. The van der Waals surface area contributed by atoms with E-state index in [0.29, 0.717) is 69.3 Å². The number of amides is 1.